The number of nitrogens with two attached hydrogens (primary N) is 1. The Morgan fingerprint density at radius 2 is 2.17 bits per heavy atom. The van der Waals surface area contributed by atoms with E-state index in [9.17, 15) is 4.39 Å². The van der Waals surface area contributed by atoms with Crippen molar-refractivity contribution in [3.8, 4) is 0 Å². The Hall–Kier alpha value is -1.53. The average molecular weight is 281 g/mol. The second-order valence-corrected chi connectivity index (χ2v) is 5.48. The minimum absolute atomic E-state index is 0.155. The number of thiazole rings is 1. The molecule has 0 saturated carbocycles. The van der Waals surface area contributed by atoms with Gasteiger partial charge in [-0.2, -0.15) is 0 Å². The number of benzene rings is 1. The first-order valence-corrected chi connectivity index (χ1v) is 6.50. The summed E-state index contributed by atoms with van der Waals surface area (Å²) in [6, 6.07) is 4.28. The molecular weight excluding hydrogens is 269 g/mol. The van der Waals surface area contributed by atoms with E-state index in [4.69, 9.17) is 18.0 Å². The minimum Gasteiger partial charge on any atom is -0.389 e. The molecule has 0 aliphatic carbocycles. The van der Waals surface area contributed by atoms with Crippen LogP contribution in [0.15, 0.2) is 18.2 Å². The molecule has 0 fully saturated rings. The van der Waals surface area contributed by atoms with Crippen LogP contribution in [0.2, 0.25) is 0 Å². The van der Waals surface area contributed by atoms with Crippen molar-refractivity contribution < 1.29 is 4.39 Å². The molecule has 1 aromatic carbocycles. The molecule has 18 heavy (non-hydrogen) atoms. The molecule has 3 nitrogen and oxygen atoms in total. The fourth-order valence-electron chi connectivity index (χ4n) is 1.47. The first kappa shape index (κ1) is 12.9. The molecule has 3 N–H and O–H groups in total. The van der Waals surface area contributed by atoms with E-state index >= 15 is 0 Å². The van der Waals surface area contributed by atoms with Crippen molar-refractivity contribution in [2.45, 2.75) is 13.8 Å². The second-order valence-electron chi connectivity index (χ2n) is 3.84. The molecule has 0 radical (unpaired) electrons. The van der Waals surface area contributed by atoms with Crippen LogP contribution in [-0.2, 0) is 0 Å². The molecule has 94 valence electrons. The summed E-state index contributed by atoms with van der Waals surface area (Å²) in [7, 11) is 0. The van der Waals surface area contributed by atoms with E-state index in [1.54, 1.807) is 6.07 Å². The summed E-state index contributed by atoms with van der Waals surface area (Å²) < 4.78 is 13.2. The number of nitrogens with one attached hydrogen (secondary N) is 1. The van der Waals surface area contributed by atoms with Crippen LogP contribution in [0.5, 0.6) is 0 Å². The first-order valence-electron chi connectivity index (χ1n) is 5.28. The quantitative estimate of drug-likeness (QED) is 0.848. The Labute approximate surface area is 114 Å². The number of nitrogens with zero attached hydrogens (tertiary/aromatic N) is 1. The molecule has 0 spiro atoms. The molecule has 2 rings (SSSR count). The first-order chi connectivity index (χ1) is 8.47. The summed E-state index contributed by atoms with van der Waals surface area (Å²) in [5.41, 5.74) is 7.70. The number of hydrogen-bond donors (Lipinski definition) is 2. The number of halogens is 1. The third-order valence-corrected chi connectivity index (χ3v) is 3.73. The number of rotatable bonds is 3. The number of aromatic nitrogens is 1. The van der Waals surface area contributed by atoms with Gasteiger partial charge in [-0.15, -0.1) is 11.3 Å². The van der Waals surface area contributed by atoms with E-state index in [1.165, 1.54) is 23.5 Å². The molecule has 0 saturated heterocycles. The van der Waals surface area contributed by atoms with Gasteiger partial charge in [-0.3, -0.25) is 0 Å². The minimum atomic E-state index is -0.366. The molecule has 0 bridgehead atoms. The van der Waals surface area contributed by atoms with Gasteiger partial charge in [0.1, 0.15) is 10.8 Å². The lowest BCUT2D eigenvalue weighted by Crippen LogP contribution is -2.12. The Balaban J connectivity index is 2.36. The molecule has 0 aliphatic rings. The third-order valence-electron chi connectivity index (χ3n) is 2.52. The maximum Gasteiger partial charge on any atom is 0.187 e. The van der Waals surface area contributed by atoms with Gasteiger partial charge in [0.15, 0.2) is 5.13 Å². The van der Waals surface area contributed by atoms with Gasteiger partial charge in [0.05, 0.1) is 11.4 Å². The van der Waals surface area contributed by atoms with Gasteiger partial charge in [0, 0.05) is 10.4 Å². The number of hydrogen-bond acceptors (Lipinski definition) is 4. The monoisotopic (exact) mass is 281 g/mol. The van der Waals surface area contributed by atoms with Crippen molar-refractivity contribution in [2.24, 2.45) is 5.73 Å². The molecular formula is C12H12FN3S2. The van der Waals surface area contributed by atoms with Crippen molar-refractivity contribution in [1.82, 2.24) is 4.98 Å². The molecule has 1 heterocycles. The van der Waals surface area contributed by atoms with Crippen molar-refractivity contribution in [3.63, 3.8) is 0 Å². The summed E-state index contributed by atoms with van der Waals surface area (Å²) in [6.45, 7) is 3.94. The van der Waals surface area contributed by atoms with E-state index < -0.39 is 0 Å². The Bertz CT molecular complexity index is 588. The Morgan fingerprint density at radius 1 is 1.44 bits per heavy atom. The van der Waals surface area contributed by atoms with Gasteiger partial charge in [-0.05, 0) is 32.0 Å². The SMILES string of the molecule is Cc1nc(Nc2ccc(F)cc2C(N)=S)sc1C. The Morgan fingerprint density at radius 3 is 2.72 bits per heavy atom. The van der Waals surface area contributed by atoms with Crippen LogP contribution in [0.4, 0.5) is 15.2 Å². The van der Waals surface area contributed by atoms with Crippen LogP contribution < -0.4 is 11.1 Å². The van der Waals surface area contributed by atoms with Crippen molar-refractivity contribution in [2.75, 3.05) is 5.32 Å². The van der Waals surface area contributed by atoms with Crippen LogP contribution in [-0.4, -0.2) is 9.97 Å². The van der Waals surface area contributed by atoms with Gasteiger partial charge in [0.25, 0.3) is 0 Å². The van der Waals surface area contributed by atoms with Gasteiger partial charge < -0.3 is 11.1 Å². The molecule has 6 heteroatoms. The molecule has 1 aromatic heterocycles. The lowest BCUT2D eigenvalue weighted by Gasteiger charge is -2.08. The van der Waals surface area contributed by atoms with Crippen molar-refractivity contribution in [1.29, 1.82) is 0 Å². The van der Waals surface area contributed by atoms with Crippen LogP contribution in [0.25, 0.3) is 0 Å². The van der Waals surface area contributed by atoms with Gasteiger partial charge in [0.2, 0.25) is 0 Å². The average Bonchev–Trinajstić information content (AvgIpc) is 2.60. The molecule has 0 unspecified atom stereocenters. The summed E-state index contributed by atoms with van der Waals surface area (Å²) in [4.78, 5) is 5.65. The van der Waals surface area contributed by atoms with E-state index in [-0.39, 0.29) is 10.8 Å². The lowest BCUT2D eigenvalue weighted by atomic mass is 10.1. The predicted molar refractivity (Wildman–Crippen MR) is 77.2 cm³/mol. The van der Waals surface area contributed by atoms with E-state index in [0.717, 1.165) is 15.7 Å². The van der Waals surface area contributed by atoms with Crippen LogP contribution >= 0.6 is 23.6 Å². The molecule has 0 atom stereocenters. The zero-order valence-corrected chi connectivity index (χ0v) is 11.6. The fraction of sp³-hybridized carbons (Fsp3) is 0.167. The normalized spacial score (nSPS) is 10.4. The standard InChI is InChI=1S/C12H12FN3S2/c1-6-7(2)18-12(15-6)16-10-4-3-8(13)5-9(10)11(14)17/h3-5H,1-2H3,(H2,14,17)(H,15,16). The largest absolute Gasteiger partial charge is 0.389 e. The number of aryl methyl sites for hydroxylation is 2. The molecule has 0 amide bonds. The maximum absolute atomic E-state index is 13.2. The highest BCUT2D eigenvalue weighted by Gasteiger charge is 2.09. The number of thiocarbonyl (C=S) groups is 1. The predicted octanol–water partition coefficient (Wildman–Crippen LogP) is 3.28. The van der Waals surface area contributed by atoms with E-state index in [1.807, 2.05) is 13.8 Å². The highest BCUT2D eigenvalue weighted by atomic mass is 32.1. The highest BCUT2D eigenvalue weighted by Crippen LogP contribution is 2.27. The van der Waals surface area contributed by atoms with E-state index in [0.29, 0.717) is 11.3 Å². The van der Waals surface area contributed by atoms with Gasteiger partial charge in [-0.1, -0.05) is 12.2 Å². The summed E-state index contributed by atoms with van der Waals surface area (Å²) in [5, 5.41) is 3.86. The van der Waals surface area contributed by atoms with Crippen LogP contribution in [0.3, 0.4) is 0 Å². The third kappa shape index (κ3) is 2.65. The van der Waals surface area contributed by atoms with Crippen LogP contribution in [0.1, 0.15) is 16.1 Å². The summed E-state index contributed by atoms with van der Waals surface area (Å²) >= 11 is 6.44. The highest BCUT2D eigenvalue weighted by molar-refractivity contribution is 7.80. The maximum atomic E-state index is 13.2. The zero-order chi connectivity index (χ0) is 13.3. The van der Waals surface area contributed by atoms with E-state index in [2.05, 4.69) is 10.3 Å². The zero-order valence-electron chi connectivity index (χ0n) is 9.95. The summed E-state index contributed by atoms with van der Waals surface area (Å²) in [5.74, 6) is -0.366. The smallest absolute Gasteiger partial charge is 0.187 e. The Kier molecular flexibility index (Phi) is 3.58. The molecule has 0 aliphatic heterocycles. The summed E-state index contributed by atoms with van der Waals surface area (Å²) in [6.07, 6.45) is 0. The fourth-order valence-corrected chi connectivity index (χ4v) is 2.47. The number of anilines is 2. The topological polar surface area (TPSA) is 50.9 Å². The molecule has 2 aromatic rings. The van der Waals surface area contributed by atoms with Crippen LogP contribution in [0, 0.1) is 19.7 Å². The van der Waals surface area contributed by atoms with Gasteiger partial charge >= 0.3 is 0 Å². The van der Waals surface area contributed by atoms with Crippen molar-refractivity contribution >= 4 is 39.4 Å². The van der Waals surface area contributed by atoms with Gasteiger partial charge in [-0.25, -0.2) is 9.37 Å². The lowest BCUT2D eigenvalue weighted by molar-refractivity contribution is 0.628. The van der Waals surface area contributed by atoms with Crippen molar-refractivity contribution in [3.05, 3.63) is 40.2 Å². The second kappa shape index (κ2) is 4.99.